The summed E-state index contributed by atoms with van der Waals surface area (Å²) >= 11 is 3.32. The minimum absolute atomic E-state index is 0.321. The number of ether oxygens (including phenoxy) is 1. The summed E-state index contributed by atoms with van der Waals surface area (Å²) in [6.07, 6.45) is -1.67. The molecule has 2 atom stereocenters. The first-order valence-corrected chi connectivity index (χ1v) is 7.60. The lowest BCUT2D eigenvalue weighted by Gasteiger charge is -2.12. The predicted molar refractivity (Wildman–Crippen MR) is 86.7 cm³/mol. The van der Waals surface area contributed by atoms with Crippen LogP contribution in [0, 0.1) is 0 Å². The van der Waals surface area contributed by atoms with Crippen LogP contribution in [0.2, 0.25) is 0 Å². The highest BCUT2D eigenvalue weighted by Gasteiger charge is 2.42. The van der Waals surface area contributed by atoms with Gasteiger partial charge in [-0.1, -0.05) is 65.0 Å². The quantitative estimate of drug-likeness (QED) is 0.475. The van der Waals surface area contributed by atoms with Gasteiger partial charge in [0.1, 0.15) is 6.10 Å². The van der Waals surface area contributed by atoms with Gasteiger partial charge in [-0.3, -0.25) is 9.59 Å². The number of Topliss-reactive ketones (excluding diaryl/α,β-unsaturated/α-hetero) is 2. The lowest BCUT2D eigenvalue weighted by Crippen LogP contribution is -2.27. The van der Waals surface area contributed by atoms with Crippen molar-refractivity contribution < 1.29 is 14.3 Å². The number of halogens is 1. The maximum absolute atomic E-state index is 12.5. The zero-order valence-electron chi connectivity index (χ0n) is 11.7. The number of carbonyl (C=O) groups is 2. The fraction of sp³-hybridized carbons (Fsp3) is 0.111. The van der Waals surface area contributed by atoms with Gasteiger partial charge in [0.05, 0.1) is 0 Å². The van der Waals surface area contributed by atoms with Crippen molar-refractivity contribution in [1.29, 1.82) is 0 Å². The van der Waals surface area contributed by atoms with E-state index in [4.69, 9.17) is 4.74 Å². The van der Waals surface area contributed by atoms with Gasteiger partial charge in [0.15, 0.2) is 17.7 Å². The van der Waals surface area contributed by atoms with Crippen molar-refractivity contribution in [3.8, 4) is 0 Å². The Bertz CT molecular complexity index is 735. The highest BCUT2D eigenvalue weighted by Crippen LogP contribution is 2.35. The number of hydrogen-bond acceptors (Lipinski definition) is 3. The van der Waals surface area contributed by atoms with E-state index in [1.807, 2.05) is 30.3 Å². The molecular weight excluding hydrogens is 344 g/mol. The summed E-state index contributed by atoms with van der Waals surface area (Å²) in [5.41, 5.74) is 1.59. The topological polar surface area (TPSA) is 43.4 Å². The summed E-state index contributed by atoms with van der Waals surface area (Å²) in [6, 6.07) is 16.2. The Kier molecular flexibility index (Phi) is 4.05. The smallest absolute Gasteiger partial charge is 0.199 e. The molecule has 2 aromatic rings. The van der Waals surface area contributed by atoms with Gasteiger partial charge in [0.2, 0.25) is 0 Å². The van der Waals surface area contributed by atoms with E-state index in [2.05, 4.69) is 22.5 Å². The third-order valence-electron chi connectivity index (χ3n) is 3.61. The van der Waals surface area contributed by atoms with Crippen molar-refractivity contribution in [1.82, 2.24) is 0 Å². The van der Waals surface area contributed by atoms with Gasteiger partial charge in [-0.05, 0) is 17.7 Å². The van der Waals surface area contributed by atoms with Gasteiger partial charge < -0.3 is 4.74 Å². The third kappa shape index (κ3) is 2.67. The maximum Gasteiger partial charge on any atom is 0.199 e. The molecule has 1 heterocycles. The molecule has 0 radical (unpaired) electrons. The van der Waals surface area contributed by atoms with E-state index >= 15 is 0 Å². The lowest BCUT2D eigenvalue weighted by atomic mass is 9.98. The second-order valence-corrected chi connectivity index (χ2v) is 5.98. The molecule has 0 amide bonds. The highest BCUT2D eigenvalue weighted by atomic mass is 79.9. The van der Waals surface area contributed by atoms with Crippen molar-refractivity contribution >= 4 is 27.5 Å². The number of benzene rings is 2. The normalized spacial score (nSPS) is 21.1. The van der Waals surface area contributed by atoms with Gasteiger partial charge >= 0.3 is 0 Å². The Morgan fingerprint density at radius 1 is 1.05 bits per heavy atom. The van der Waals surface area contributed by atoms with Crippen molar-refractivity contribution in [3.05, 3.63) is 82.3 Å². The molecule has 0 aliphatic carbocycles. The molecular formula is C18H13BrO3. The van der Waals surface area contributed by atoms with Crippen LogP contribution in [0.3, 0.4) is 0 Å². The zero-order chi connectivity index (χ0) is 15.7. The summed E-state index contributed by atoms with van der Waals surface area (Å²) in [6.45, 7) is 3.80. The molecule has 1 saturated heterocycles. The summed E-state index contributed by atoms with van der Waals surface area (Å²) in [4.78, 5) is 24.8. The average molecular weight is 357 g/mol. The molecule has 2 unspecified atom stereocenters. The Hall–Kier alpha value is -2.04. The molecule has 0 saturated carbocycles. The van der Waals surface area contributed by atoms with Gasteiger partial charge in [-0.15, -0.1) is 0 Å². The summed E-state index contributed by atoms with van der Waals surface area (Å²) < 4.78 is 6.58. The van der Waals surface area contributed by atoms with E-state index in [9.17, 15) is 9.59 Å². The summed E-state index contributed by atoms with van der Waals surface area (Å²) in [7, 11) is 0. The molecule has 2 aromatic carbocycles. The van der Waals surface area contributed by atoms with Crippen LogP contribution in [0.25, 0.3) is 0 Å². The third-order valence-corrected chi connectivity index (χ3v) is 4.14. The van der Waals surface area contributed by atoms with Crippen molar-refractivity contribution in [2.24, 2.45) is 0 Å². The molecule has 3 rings (SSSR count). The first-order chi connectivity index (χ1) is 10.6. The SMILES string of the molecule is C=C1C(=O)C(C(=O)c2ccc(Br)cc2)OC1c1ccccc1. The number of carbonyl (C=O) groups excluding carboxylic acids is 2. The fourth-order valence-corrected chi connectivity index (χ4v) is 2.70. The fourth-order valence-electron chi connectivity index (χ4n) is 2.43. The van der Waals surface area contributed by atoms with Crippen LogP contribution < -0.4 is 0 Å². The lowest BCUT2D eigenvalue weighted by molar-refractivity contribution is -0.118. The number of rotatable bonds is 3. The minimum Gasteiger partial charge on any atom is -0.349 e. The molecule has 110 valence electrons. The van der Waals surface area contributed by atoms with Crippen LogP contribution in [-0.4, -0.2) is 17.7 Å². The van der Waals surface area contributed by atoms with Crippen molar-refractivity contribution in [2.45, 2.75) is 12.2 Å². The van der Waals surface area contributed by atoms with Gasteiger partial charge in [-0.2, -0.15) is 0 Å². The standard InChI is InChI=1S/C18H13BrO3/c1-11-15(20)18(16(21)12-7-9-14(19)10-8-12)22-17(11)13-5-3-2-4-6-13/h2-10,17-18H,1H2. The van der Waals surface area contributed by atoms with Crippen LogP contribution in [0.1, 0.15) is 22.0 Å². The Morgan fingerprint density at radius 2 is 1.68 bits per heavy atom. The Balaban J connectivity index is 1.87. The minimum atomic E-state index is -1.11. The molecule has 0 N–H and O–H groups in total. The van der Waals surface area contributed by atoms with Crippen LogP contribution in [0.5, 0.6) is 0 Å². The molecule has 22 heavy (non-hydrogen) atoms. The summed E-state index contributed by atoms with van der Waals surface area (Å²) in [5, 5.41) is 0. The Morgan fingerprint density at radius 3 is 2.32 bits per heavy atom. The first-order valence-electron chi connectivity index (χ1n) is 6.81. The molecule has 4 heteroatoms. The van der Waals surface area contributed by atoms with Gasteiger partial charge in [0.25, 0.3) is 0 Å². The number of hydrogen-bond donors (Lipinski definition) is 0. The highest BCUT2D eigenvalue weighted by molar-refractivity contribution is 9.10. The zero-order valence-corrected chi connectivity index (χ0v) is 13.2. The second kappa shape index (κ2) is 5.99. The summed E-state index contributed by atoms with van der Waals surface area (Å²) in [5.74, 6) is -0.682. The monoisotopic (exact) mass is 356 g/mol. The van der Waals surface area contributed by atoms with Crippen LogP contribution in [-0.2, 0) is 9.53 Å². The van der Waals surface area contributed by atoms with E-state index < -0.39 is 12.2 Å². The Labute approximate surface area is 136 Å². The number of ketones is 2. The van der Waals surface area contributed by atoms with Crippen molar-refractivity contribution in [2.75, 3.05) is 0 Å². The van der Waals surface area contributed by atoms with Crippen molar-refractivity contribution in [3.63, 3.8) is 0 Å². The molecule has 0 bridgehead atoms. The van der Waals surface area contributed by atoms with E-state index in [0.29, 0.717) is 11.1 Å². The largest absolute Gasteiger partial charge is 0.349 e. The molecule has 3 nitrogen and oxygen atoms in total. The second-order valence-electron chi connectivity index (χ2n) is 5.07. The maximum atomic E-state index is 12.5. The van der Waals surface area contributed by atoms with Crippen LogP contribution in [0.15, 0.2) is 71.2 Å². The molecule has 1 aliphatic rings. The van der Waals surface area contributed by atoms with E-state index in [1.54, 1.807) is 24.3 Å². The van der Waals surface area contributed by atoms with Crippen LogP contribution >= 0.6 is 15.9 Å². The van der Waals surface area contributed by atoms with E-state index in [0.717, 1.165) is 10.0 Å². The molecule has 1 fully saturated rings. The average Bonchev–Trinajstić information content (AvgIpc) is 2.84. The molecule has 0 aromatic heterocycles. The molecule has 0 spiro atoms. The van der Waals surface area contributed by atoms with Crippen LogP contribution in [0.4, 0.5) is 0 Å². The predicted octanol–water partition coefficient (Wildman–Crippen LogP) is 3.90. The van der Waals surface area contributed by atoms with Gasteiger partial charge in [-0.25, -0.2) is 0 Å². The van der Waals surface area contributed by atoms with Gasteiger partial charge in [0, 0.05) is 15.6 Å². The van der Waals surface area contributed by atoms with E-state index in [1.165, 1.54) is 0 Å². The first kappa shape index (κ1) is 14.9. The van der Waals surface area contributed by atoms with E-state index in [-0.39, 0.29) is 11.6 Å². The molecule has 1 aliphatic heterocycles.